The van der Waals surface area contributed by atoms with Gasteiger partial charge in [0.05, 0.1) is 31.5 Å². The van der Waals surface area contributed by atoms with Crippen LogP contribution in [-0.2, 0) is 16.4 Å². The van der Waals surface area contributed by atoms with E-state index < -0.39 is 27.3 Å². The average molecular weight is 424 g/mol. The van der Waals surface area contributed by atoms with Gasteiger partial charge in [0.2, 0.25) is 5.88 Å². The molecule has 0 saturated carbocycles. The molecule has 0 unspecified atom stereocenters. The Balaban J connectivity index is 2.10. The predicted molar refractivity (Wildman–Crippen MR) is 99.8 cm³/mol. The lowest BCUT2D eigenvalue weighted by molar-refractivity contribution is 0.403. The standard InChI is InChI=1S/C18H12ClF2N3O3S/c1-27-18-13-7-11(19)2-3-12(13)17(9-23-18)28(25,26)24-16-8-14(20)10(4-5-22)6-15(16)21/h2-3,6-9,24H,4H2,1H3. The number of nitrogens with zero attached hydrogens (tertiary/aromatic N) is 2. The molecule has 0 amide bonds. The maximum absolute atomic E-state index is 14.2. The van der Waals surface area contributed by atoms with Gasteiger partial charge in [-0.2, -0.15) is 5.26 Å². The lowest BCUT2D eigenvalue weighted by Gasteiger charge is -2.13. The molecular weight excluding hydrogens is 412 g/mol. The zero-order chi connectivity index (χ0) is 20.5. The number of benzene rings is 2. The largest absolute Gasteiger partial charge is 0.481 e. The zero-order valence-electron chi connectivity index (χ0n) is 14.3. The smallest absolute Gasteiger partial charge is 0.264 e. The molecule has 10 heteroatoms. The molecule has 0 saturated heterocycles. The van der Waals surface area contributed by atoms with Crippen molar-refractivity contribution < 1.29 is 21.9 Å². The zero-order valence-corrected chi connectivity index (χ0v) is 15.9. The number of sulfonamides is 1. The minimum atomic E-state index is -4.32. The van der Waals surface area contributed by atoms with Crippen LogP contribution in [0.1, 0.15) is 5.56 Å². The monoisotopic (exact) mass is 423 g/mol. The molecule has 3 rings (SSSR count). The highest BCUT2D eigenvalue weighted by Gasteiger charge is 2.22. The van der Waals surface area contributed by atoms with Gasteiger partial charge < -0.3 is 4.74 Å². The molecule has 0 fully saturated rings. The third-order valence-corrected chi connectivity index (χ3v) is 5.54. The maximum Gasteiger partial charge on any atom is 0.264 e. The summed E-state index contributed by atoms with van der Waals surface area (Å²) in [5, 5.41) is 9.55. The summed E-state index contributed by atoms with van der Waals surface area (Å²) in [6.45, 7) is 0. The number of nitrogens with one attached hydrogen (secondary N) is 1. The van der Waals surface area contributed by atoms with Crippen molar-refractivity contribution >= 4 is 38.1 Å². The summed E-state index contributed by atoms with van der Waals surface area (Å²) >= 11 is 5.96. The number of aromatic nitrogens is 1. The number of nitriles is 1. The Morgan fingerprint density at radius 1 is 1.21 bits per heavy atom. The molecule has 1 aromatic heterocycles. The van der Waals surface area contributed by atoms with E-state index in [0.717, 1.165) is 12.3 Å². The highest BCUT2D eigenvalue weighted by molar-refractivity contribution is 7.93. The Bertz CT molecular complexity index is 1230. The van der Waals surface area contributed by atoms with Gasteiger partial charge in [-0.25, -0.2) is 22.2 Å². The van der Waals surface area contributed by atoms with Gasteiger partial charge in [0.15, 0.2) is 0 Å². The van der Waals surface area contributed by atoms with Gasteiger partial charge in [-0.15, -0.1) is 0 Å². The second-order valence-electron chi connectivity index (χ2n) is 5.69. The van der Waals surface area contributed by atoms with E-state index in [4.69, 9.17) is 21.6 Å². The maximum atomic E-state index is 14.2. The number of rotatable bonds is 5. The number of pyridine rings is 1. The first-order chi connectivity index (χ1) is 13.3. The van der Waals surface area contributed by atoms with Crippen molar-refractivity contribution in [1.29, 1.82) is 5.26 Å². The summed E-state index contributed by atoms with van der Waals surface area (Å²) in [6, 6.07) is 7.61. The highest BCUT2D eigenvalue weighted by Crippen LogP contribution is 2.32. The van der Waals surface area contributed by atoms with Gasteiger partial charge in [0.1, 0.15) is 16.5 Å². The minimum Gasteiger partial charge on any atom is -0.481 e. The first-order valence-electron chi connectivity index (χ1n) is 7.76. The molecule has 2 aromatic carbocycles. The molecule has 0 aliphatic heterocycles. The van der Waals surface area contributed by atoms with Crippen molar-refractivity contribution in [2.75, 3.05) is 11.8 Å². The summed E-state index contributed by atoms with van der Waals surface area (Å²) < 4.78 is 61.0. The predicted octanol–water partition coefficient (Wildman–Crippen LogP) is 4.04. The molecule has 0 spiro atoms. The Morgan fingerprint density at radius 3 is 2.64 bits per heavy atom. The molecule has 28 heavy (non-hydrogen) atoms. The van der Waals surface area contributed by atoms with Crippen molar-refractivity contribution in [3.8, 4) is 11.9 Å². The molecule has 144 valence electrons. The molecule has 6 nitrogen and oxygen atoms in total. The van der Waals surface area contributed by atoms with Crippen LogP contribution in [0.25, 0.3) is 10.8 Å². The molecule has 0 bridgehead atoms. The summed E-state index contributed by atoms with van der Waals surface area (Å²) in [5.41, 5.74) is -0.758. The molecule has 0 aliphatic carbocycles. The van der Waals surface area contributed by atoms with Crippen molar-refractivity contribution in [2.45, 2.75) is 11.3 Å². The lowest BCUT2D eigenvalue weighted by atomic mass is 10.1. The summed E-state index contributed by atoms with van der Waals surface area (Å²) in [7, 11) is -2.95. The first-order valence-corrected chi connectivity index (χ1v) is 9.63. The van der Waals surface area contributed by atoms with Gasteiger partial charge in [-0.3, -0.25) is 4.72 Å². The number of hydrogen-bond donors (Lipinski definition) is 1. The van der Waals surface area contributed by atoms with Crippen molar-refractivity contribution in [3.63, 3.8) is 0 Å². The van der Waals surface area contributed by atoms with Crippen LogP contribution in [0.4, 0.5) is 14.5 Å². The molecule has 1 N–H and O–H groups in total. The Labute approximate surface area is 164 Å². The van der Waals surface area contributed by atoms with Gasteiger partial charge in [0, 0.05) is 27.4 Å². The average Bonchev–Trinajstić information content (AvgIpc) is 2.64. The number of halogens is 3. The van der Waals surface area contributed by atoms with Crippen LogP contribution in [-0.4, -0.2) is 20.5 Å². The fourth-order valence-corrected chi connectivity index (χ4v) is 4.02. The Kier molecular flexibility index (Phi) is 5.36. The number of hydrogen-bond acceptors (Lipinski definition) is 5. The van der Waals surface area contributed by atoms with E-state index in [-0.39, 0.29) is 28.1 Å². The second kappa shape index (κ2) is 7.58. The molecule has 0 radical (unpaired) electrons. The number of fused-ring (bicyclic) bond motifs is 1. The summed E-state index contributed by atoms with van der Waals surface area (Å²) in [5.74, 6) is -1.75. The Hall–Kier alpha value is -2.96. The van der Waals surface area contributed by atoms with E-state index in [1.807, 2.05) is 4.72 Å². The van der Waals surface area contributed by atoms with Crippen LogP contribution < -0.4 is 9.46 Å². The molecular formula is C18H12ClF2N3O3S. The van der Waals surface area contributed by atoms with Crippen LogP contribution >= 0.6 is 11.6 Å². The third kappa shape index (κ3) is 3.69. The van der Waals surface area contributed by atoms with Crippen molar-refractivity contribution in [3.05, 3.63) is 58.7 Å². The van der Waals surface area contributed by atoms with E-state index >= 15 is 0 Å². The SMILES string of the molecule is COc1ncc(S(=O)(=O)Nc2cc(F)c(CC#N)cc2F)c2ccc(Cl)cc12. The normalized spacial score (nSPS) is 11.2. The quantitative estimate of drug-likeness (QED) is 0.668. The fraction of sp³-hybridized carbons (Fsp3) is 0.111. The van der Waals surface area contributed by atoms with Gasteiger partial charge >= 0.3 is 0 Å². The molecule has 0 aliphatic rings. The first kappa shape index (κ1) is 19.8. The van der Waals surface area contributed by atoms with E-state index in [2.05, 4.69) is 4.98 Å². The number of ether oxygens (including phenoxy) is 1. The number of methoxy groups -OCH3 is 1. The van der Waals surface area contributed by atoms with Gasteiger partial charge in [0.25, 0.3) is 10.0 Å². The Morgan fingerprint density at radius 2 is 1.96 bits per heavy atom. The molecule has 3 aromatic rings. The van der Waals surface area contributed by atoms with Crippen LogP contribution in [0.2, 0.25) is 5.02 Å². The van der Waals surface area contributed by atoms with Crippen LogP contribution in [0.15, 0.2) is 41.4 Å². The fourth-order valence-electron chi connectivity index (χ4n) is 2.63. The third-order valence-electron chi connectivity index (χ3n) is 3.91. The van der Waals surface area contributed by atoms with Crippen molar-refractivity contribution in [1.82, 2.24) is 4.98 Å². The van der Waals surface area contributed by atoms with Crippen LogP contribution in [0.3, 0.4) is 0 Å². The topological polar surface area (TPSA) is 92.1 Å². The van der Waals surface area contributed by atoms with Crippen LogP contribution in [0.5, 0.6) is 5.88 Å². The molecule has 0 atom stereocenters. The summed E-state index contributed by atoms with van der Waals surface area (Å²) in [6.07, 6.45) is 0.708. The van der Waals surface area contributed by atoms with E-state index in [1.54, 1.807) is 6.07 Å². The lowest BCUT2D eigenvalue weighted by Crippen LogP contribution is -2.15. The van der Waals surface area contributed by atoms with E-state index in [1.165, 1.54) is 25.3 Å². The minimum absolute atomic E-state index is 0.162. The van der Waals surface area contributed by atoms with E-state index in [9.17, 15) is 17.2 Å². The van der Waals surface area contributed by atoms with Gasteiger partial charge in [-0.1, -0.05) is 17.7 Å². The van der Waals surface area contributed by atoms with Gasteiger partial charge in [-0.05, 0) is 18.2 Å². The highest BCUT2D eigenvalue weighted by atomic mass is 35.5. The van der Waals surface area contributed by atoms with Crippen molar-refractivity contribution in [2.24, 2.45) is 0 Å². The molecule has 1 heterocycles. The van der Waals surface area contributed by atoms with Crippen LogP contribution in [0, 0.1) is 23.0 Å². The second-order valence-corrected chi connectivity index (χ2v) is 7.77. The number of anilines is 1. The summed E-state index contributed by atoms with van der Waals surface area (Å²) in [4.78, 5) is 3.69. The van der Waals surface area contributed by atoms with E-state index in [0.29, 0.717) is 16.5 Å².